The number of aliphatic imine (C=N–C) groups is 1. The second kappa shape index (κ2) is 9.05. The number of anilines is 2. The second-order valence-corrected chi connectivity index (χ2v) is 8.60. The maximum absolute atomic E-state index is 12.9. The minimum atomic E-state index is -0.341. The van der Waals surface area contributed by atoms with E-state index in [4.69, 9.17) is 20.9 Å². The third-order valence-electron chi connectivity index (χ3n) is 6.08. The van der Waals surface area contributed by atoms with Gasteiger partial charge >= 0.3 is 0 Å². The fourth-order valence-electron chi connectivity index (χ4n) is 4.42. The predicted octanol–water partition coefficient (Wildman–Crippen LogP) is 2.92. The van der Waals surface area contributed by atoms with Crippen molar-refractivity contribution in [3.63, 3.8) is 0 Å². The van der Waals surface area contributed by atoms with Crippen molar-refractivity contribution >= 4 is 34.5 Å². The number of hydrogen-bond acceptors (Lipinski definition) is 7. The first-order valence-electron chi connectivity index (χ1n) is 11.3. The van der Waals surface area contributed by atoms with E-state index < -0.39 is 0 Å². The number of nitrogens with zero attached hydrogens (tertiary/aromatic N) is 3. The van der Waals surface area contributed by atoms with Gasteiger partial charge in [0.05, 0.1) is 17.6 Å². The van der Waals surface area contributed by atoms with Crippen LogP contribution < -0.4 is 31.6 Å². The Balaban J connectivity index is 1.46. The maximum Gasteiger partial charge on any atom is 0.258 e. The van der Waals surface area contributed by atoms with Crippen molar-refractivity contribution in [3.05, 3.63) is 47.5 Å². The highest BCUT2D eigenvalue weighted by Gasteiger charge is 2.26. The Morgan fingerprint density at radius 2 is 1.88 bits per heavy atom. The van der Waals surface area contributed by atoms with Gasteiger partial charge < -0.3 is 26.3 Å². The molecule has 1 amide bonds. The number of guanidine groups is 1. The van der Waals surface area contributed by atoms with Gasteiger partial charge in [-0.3, -0.25) is 10.1 Å². The van der Waals surface area contributed by atoms with Gasteiger partial charge in [-0.2, -0.15) is 4.98 Å². The van der Waals surface area contributed by atoms with Gasteiger partial charge in [-0.25, -0.2) is 9.98 Å². The largest absolute Gasteiger partial charge is 0.454 e. The highest BCUT2D eigenvalue weighted by atomic mass is 16.7. The lowest BCUT2D eigenvalue weighted by Gasteiger charge is -2.30. The van der Waals surface area contributed by atoms with E-state index in [0.717, 1.165) is 42.1 Å². The molecule has 1 saturated carbocycles. The fraction of sp³-hybridized carbons (Fsp3) is 0.333. The van der Waals surface area contributed by atoms with Crippen LogP contribution in [0.5, 0.6) is 11.5 Å². The number of fused-ring (bicyclic) bond motifs is 2. The van der Waals surface area contributed by atoms with E-state index in [1.807, 2.05) is 25.1 Å². The van der Waals surface area contributed by atoms with Crippen molar-refractivity contribution < 1.29 is 14.3 Å². The van der Waals surface area contributed by atoms with Gasteiger partial charge in [0, 0.05) is 10.9 Å². The van der Waals surface area contributed by atoms with Crippen LogP contribution in [0.15, 0.2) is 41.4 Å². The van der Waals surface area contributed by atoms with E-state index in [0.29, 0.717) is 22.9 Å². The summed E-state index contributed by atoms with van der Waals surface area (Å²) < 4.78 is 10.7. The molecular weight excluding hydrogens is 434 g/mol. The number of carbonyl (C=O) groups excluding carboxylic acids is 1. The summed E-state index contributed by atoms with van der Waals surface area (Å²) in [7, 11) is 0. The summed E-state index contributed by atoms with van der Waals surface area (Å²) in [6.07, 6.45) is 3.95. The molecule has 3 aromatic rings. The number of amides is 1. The molecule has 0 bridgehead atoms. The molecule has 2 aromatic carbocycles. The molecule has 2 atom stereocenters. The molecule has 2 aliphatic rings. The second-order valence-electron chi connectivity index (χ2n) is 8.60. The van der Waals surface area contributed by atoms with Gasteiger partial charge in [0.25, 0.3) is 5.91 Å². The Bertz CT molecular complexity index is 1270. The first-order valence-corrected chi connectivity index (χ1v) is 11.3. The summed E-state index contributed by atoms with van der Waals surface area (Å²) in [6.45, 7) is 2.16. The molecule has 5 rings (SSSR count). The molecule has 0 unspecified atom stereocenters. The molecule has 1 fully saturated rings. The number of nitrogens with two attached hydrogens (primary N) is 2. The van der Waals surface area contributed by atoms with Gasteiger partial charge in [0.2, 0.25) is 12.7 Å². The van der Waals surface area contributed by atoms with Crippen molar-refractivity contribution in [1.29, 1.82) is 0 Å². The third kappa shape index (κ3) is 4.52. The Hall–Kier alpha value is -4.08. The summed E-state index contributed by atoms with van der Waals surface area (Å²) in [6, 6.07) is 10.9. The first-order chi connectivity index (χ1) is 16.5. The molecule has 10 nitrogen and oxygen atoms in total. The van der Waals surface area contributed by atoms with E-state index in [2.05, 4.69) is 25.6 Å². The SMILES string of the molecule is Cc1ccc2nc(NC(=O)c3ccc4c(c3)OCO4)nc(N[C@H]3CCCC[C@H]3N=C(N)N)c2c1. The number of rotatable bonds is 5. The highest BCUT2D eigenvalue weighted by Crippen LogP contribution is 2.33. The molecule has 0 saturated heterocycles. The van der Waals surface area contributed by atoms with Gasteiger partial charge in [0.1, 0.15) is 5.82 Å². The number of ether oxygens (including phenoxy) is 2. The zero-order valence-electron chi connectivity index (χ0n) is 18.9. The van der Waals surface area contributed by atoms with Crippen molar-refractivity contribution in [2.75, 3.05) is 17.4 Å². The standard InChI is InChI=1S/C24H27N7O3/c1-13-6-8-16-15(10-13)21(27-17-4-2-3-5-18(17)28-23(25)26)30-24(29-16)31-22(32)14-7-9-19-20(11-14)34-12-33-19/h6-11,17-18H,2-5,12H2,1H3,(H4,25,26,28)(H2,27,29,30,31,32)/t17-,18+/m0/s1. The van der Waals surface area contributed by atoms with Crippen LogP contribution in [0.1, 0.15) is 41.6 Å². The molecule has 1 aliphatic carbocycles. The van der Waals surface area contributed by atoms with Gasteiger partial charge in [0.15, 0.2) is 17.5 Å². The average Bonchev–Trinajstić information content (AvgIpc) is 3.28. The smallest absolute Gasteiger partial charge is 0.258 e. The number of aromatic nitrogens is 2. The molecule has 1 aromatic heterocycles. The Morgan fingerprint density at radius 1 is 1.06 bits per heavy atom. The van der Waals surface area contributed by atoms with E-state index in [9.17, 15) is 4.79 Å². The topological polar surface area (TPSA) is 150 Å². The summed E-state index contributed by atoms with van der Waals surface area (Å²) in [5, 5.41) is 7.22. The monoisotopic (exact) mass is 461 g/mol. The molecule has 2 heterocycles. The molecule has 0 spiro atoms. The number of carbonyl (C=O) groups is 1. The van der Waals surface area contributed by atoms with Crippen molar-refractivity contribution in [3.8, 4) is 11.5 Å². The van der Waals surface area contributed by atoms with Crippen LogP contribution >= 0.6 is 0 Å². The molecular formula is C24H27N7O3. The van der Waals surface area contributed by atoms with Crippen molar-refractivity contribution in [2.45, 2.75) is 44.7 Å². The number of hydrogen-bond donors (Lipinski definition) is 4. The molecule has 6 N–H and O–H groups in total. The lowest BCUT2D eigenvalue weighted by atomic mass is 9.90. The quantitative estimate of drug-likeness (QED) is 0.335. The van der Waals surface area contributed by atoms with Crippen molar-refractivity contribution in [2.24, 2.45) is 16.5 Å². The van der Waals surface area contributed by atoms with Crippen LogP contribution in [0.4, 0.5) is 11.8 Å². The molecule has 1 aliphatic heterocycles. The zero-order valence-corrected chi connectivity index (χ0v) is 18.9. The van der Waals surface area contributed by atoms with Crippen LogP contribution in [0, 0.1) is 6.92 Å². The lowest BCUT2D eigenvalue weighted by Crippen LogP contribution is -2.38. The Labute approximate surface area is 196 Å². The normalized spacial score (nSPS) is 19.0. The molecule has 34 heavy (non-hydrogen) atoms. The zero-order chi connectivity index (χ0) is 23.7. The molecule has 0 radical (unpaired) electrons. The summed E-state index contributed by atoms with van der Waals surface area (Å²) in [4.78, 5) is 26.6. The van der Waals surface area contributed by atoms with E-state index in [1.54, 1.807) is 18.2 Å². The Morgan fingerprint density at radius 3 is 2.74 bits per heavy atom. The van der Waals surface area contributed by atoms with Gasteiger partial charge in [-0.15, -0.1) is 0 Å². The minimum absolute atomic E-state index is 0.0203. The third-order valence-corrected chi connectivity index (χ3v) is 6.08. The highest BCUT2D eigenvalue weighted by molar-refractivity contribution is 6.04. The number of aryl methyl sites for hydroxylation is 1. The van der Waals surface area contributed by atoms with Crippen LogP contribution in [0.3, 0.4) is 0 Å². The van der Waals surface area contributed by atoms with E-state index >= 15 is 0 Å². The van der Waals surface area contributed by atoms with Crippen LogP contribution in [0.25, 0.3) is 10.9 Å². The van der Waals surface area contributed by atoms with E-state index in [-0.39, 0.29) is 36.7 Å². The van der Waals surface area contributed by atoms with Crippen LogP contribution in [0.2, 0.25) is 0 Å². The van der Waals surface area contributed by atoms with Crippen LogP contribution in [-0.4, -0.2) is 40.7 Å². The molecule has 176 valence electrons. The number of nitrogens with one attached hydrogen (secondary N) is 2. The Kier molecular flexibility index (Phi) is 5.79. The van der Waals surface area contributed by atoms with Crippen molar-refractivity contribution in [1.82, 2.24) is 9.97 Å². The minimum Gasteiger partial charge on any atom is -0.454 e. The van der Waals surface area contributed by atoms with E-state index in [1.165, 1.54) is 0 Å². The lowest BCUT2D eigenvalue weighted by molar-refractivity contribution is 0.102. The number of benzene rings is 2. The van der Waals surface area contributed by atoms with Crippen LogP contribution in [-0.2, 0) is 0 Å². The summed E-state index contributed by atoms with van der Waals surface area (Å²) in [5.41, 5.74) is 13.6. The summed E-state index contributed by atoms with van der Waals surface area (Å²) in [5.74, 6) is 1.73. The van der Waals surface area contributed by atoms with Gasteiger partial charge in [-0.05, 0) is 50.1 Å². The average molecular weight is 462 g/mol. The first kappa shape index (κ1) is 21.7. The molecule has 10 heteroatoms. The fourth-order valence-corrected chi connectivity index (χ4v) is 4.42. The predicted molar refractivity (Wildman–Crippen MR) is 130 cm³/mol. The summed E-state index contributed by atoms with van der Waals surface area (Å²) >= 11 is 0. The maximum atomic E-state index is 12.9. The van der Waals surface area contributed by atoms with Gasteiger partial charge in [-0.1, -0.05) is 24.5 Å².